The second-order valence-corrected chi connectivity index (χ2v) is 5.21. The number of carbonyl (C=O) groups excluding carboxylic acids is 1. The third-order valence-electron chi connectivity index (χ3n) is 2.74. The van der Waals surface area contributed by atoms with E-state index >= 15 is 0 Å². The Morgan fingerprint density at radius 2 is 2.16 bits per heavy atom. The number of benzene rings is 1. The zero-order chi connectivity index (χ0) is 13.2. The lowest BCUT2D eigenvalue weighted by Gasteiger charge is -2.04. The predicted molar refractivity (Wildman–Crippen MR) is 74.5 cm³/mol. The summed E-state index contributed by atoms with van der Waals surface area (Å²) in [6.45, 7) is 0. The molecular weight excluding hydrogens is 258 g/mol. The van der Waals surface area contributed by atoms with Gasteiger partial charge in [0.15, 0.2) is 6.29 Å². The summed E-state index contributed by atoms with van der Waals surface area (Å²) in [6, 6.07) is 9.64. The fourth-order valence-corrected chi connectivity index (χ4v) is 2.74. The molecule has 0 fully saturated rings. The molecule has 4 nitrogen and oxygen atoms in total. The first-order valence-corrected chi connectivity index (χ1v) is 6.59. The van der Waals surface area contributed by atoms with Crippen LogP contribution >= 0.6 is 11.8 Å². The number of nitrogens with zero attached hydrogens (tertiary/aromatic N) is 3. The molecule has 94 valence electrons. The van der Waals surface area contributed by atoms with Gasteiger partial charge in [-0.1, -0.05) is 30.0 Å². The van der Waals surface area contributed by atoms with Gasteiger partial charge in [0.05, 0.1) is 16.6 Å². The van der Waals surface area contributed by atoms with Crippen LogP contribution in [0.15, 0.2) is 52.6 Å². The zero-order valence-corrected chi connectivity index (χ0v) is 11.1. The SMILES string of the molecule is Cn1cc(Sc2nc3ccccc3cc2C=O)cn1. The maximum Gasteiger partial charge on any atom is 0.152 e. The van der Waals surface area contributed by atoms with Gasteiger partial charge in [-0.3, -0.25) is 9.48 Å². The Morgan fingerprint density at radius 1 is 1.32 bits per heavy atom. The molecule has 0 spiro atoms. The van der Waals surface area contributed by atoms with Crippen LogP contribution in [0, 0.1) is 0 Å². The number of hydrogen-bond donors (Lipinski definition) is 0. The third-order valence-corrected chi connectivity index (χ3v) is 3.71. The van der Waals surface area contributed by atoms with Gasteiger partial charge in [-0.05, 0) is 12.1 Å². The van der Waals surface area contributed by atoms with Crippen molar-refractivity contribution in [2.24, 2.45) is 7.05 Å². The van der Waals surface area contributed by atoms with Crippen molar-refractivity contribution < 1.29 is 4.79 Å². The quantitative estimate of drug-likeness (QED) is 0.686. The molecule has 0 aliphatic heterocycles. The molecule has 0 bridgehead atoms. The van der Waals surface area contributed by atoms with E-state index in [1.165, 1.54) is 11.8 Å². The van der Waals surface area contributed by atoms with Crippen LogP contribution in [-0.4, -0.2) is 21.1 Å². The first-order chi connectivity index (χ1) is 9.26. The van der Waals surface area contributed by atoms with Crippen LogP contribution in [0.4, 0.5) is 0 Å². The number of aldehydes is 1. The highest BCUT2D eigenvalue weighted by Gasteiger charge is 2.09. The molecule has 0 unspecified atom stereocenters. The topological polar surface area (TPSA) is 47.8 Å². The molecule has 5 heteroatoms. The van der Waals surface area contributed by atoms with Crippen molar-refractivity contribution in [1.82, 2.24) is 14.8 Å². The Labute approximate surface area is 114 Å². The molecule has 0 radical (unpaired) electrons. The Bertz CT molecular complexity index is 751. The monoisotopic (exact) mass is 269 g/mol. The second kappa shape index (κ2) is 4.85. The van der Waals surface area contributed by atoms with Crippen LogP contribution in [-0.2, 0) is 7.05 Å². The highest BCUT2D eigenvalue weighted by atomic mass is 32.2. The summed E-state index contributed by atoms with van der Waals surface area (Å²) in [7, 11) is 1.86. The molecule has 3 aromatic rings. The molecule has 0 aliphatic rings. The summed E-state index contributed by atoms with van der Waals surface area (Å²) in [5.41, 5.74) is 1.49. The minimum atomic E-state index is 0.604. The summed E-state index contributed by atoms with van der Waals surface area (Å²) in [4.78, 5) is 16.7. The summed E-state index contributed by atoms with van der Waals surface area (Å²) in [5, 5.41) is 5.79. The Balaban J connectivity index is 2.08. The fraction of sp³-hybridized carbons (Fsp3) is 0.0714. The molecule has 0 saturated carbocycles. The van der Waals surface area contributed by atoms with Crippen LogP contribution < -0.4 is 0 Å². The Hall–Kier alpha value is -2.14. The molecule has 0 amide bonds. The largest absolute Gasteiger partial charge is 0.298 e. The molecule has 2 aromatic heterocycles. The zero-order valence-electron chi connectivity index (χ0n) is 10.3. The van der Waals surface area contributed by atoms with Gasteiger partial charge in [-0.15, -0.1) is 0 Å². The summed E-state index contributed by atoms with van der Waals surface area (Å²) in [5.74, 6) is 0. The van der Waals surface area contributed by atoms with Gasteiger partial charge in [-0.25, -0.2) is 4.98 Å². The minimum Gasteiger partial charge on any atom is -0.298 e. The number of para-hydroxylation sites is 1. The number of fused-ring (bicyclic) bond motifs is 1. The van der Waals surface area contributed by atoms with Gasteiger partial charge < -0.3 is 0 Å². The number of aromatic nitrogens is 3. The fourth-order valence-electron chi connectivity index (χ4n) is 1.84. The molecule has 0 N–H and O–H groups in total. The molecule has 1 aromatic carbocycles. The van der Waals surface area contributed by atoms with Gasteiger partial charge in [0, 0.05) is 24.2 Å². The first-order valence-electron chi connectivity index (χ1n) is 5.78. The molecule has 19 heavy (non-hydrogen) atoms. The van der Waals surface area contributed by atoms with E-state index in [4.69, 9.17) is 0 Å². The van der Waals surface area contributed by atoms with Crippen molar-refractivity contribution in [3.8, 4) is 0 Å². The van der Waals surface area contributed by atoms with Gasteiger partial charge in [0.2, 0.25) is 0 Å². The van der Waals surface area contributed by atoms with E-state index in [2.05, 4.69) is 10.1 Å². The van der Waals surface area contributed by atoms with E-state index in [1.807, 2.05) is 43.6 Å². The second-order valence-electron chi connectivity index (χ2n) is 4.15. The average molecular weight is 269 g/mol. The van der Waals surface area contributed by atoms with Gasteiger partial charge in [-0.2, -0.15) is 5.10 Å². The molecule has 0 aliphatic carbocycles. The molecule has 2 heterocycles. The summed E-state index contributed by atoms with van der Waals surface area (Å²) < 4.78 is 1.73. The van der Waals surface area contributed by atoms with E-state index in [1.54, 1.807) is 10.9 Å². The van der Waals surface area contributed by atoms with Gasteiger partial charge in [0.1, 0.15) is 5.03 Å². The number of carbonyl (C=O) groups is 1. The van der Waals surface area contributed by atoms with Crippen molar-refractivity contribution >= 4 is 29.0 Å². The predicted octanol–water partition coefficient (Wildman–Crippen LogP) is 2.93. The lowest BCUT2D eigenvalue weighted by Crippen LogP contribution is -1.91. The lowest BCUT2D eigenvalue weighted by atomic mass is 10.2. The average Bonchev–Trinajstić information content (AvgIpc) is 2.83. The van der Waals surface area contributed by atoms with Crippen molar-refractivity contribution in [1.29, 1.82) is 0 Å². The summed E-state index contributed by atoms with van der Waals surface area (Å²) in [6.07, 6.45) is 4.50. The van der Waals surface area contributed by atoms with Crippen LogP contribution in [0.2, 0.25) is 0 Å². The van der Waals surface area contributed by atoms with Crippen LogP contribution in [0.1, 0.15) is 10.4 Å². The van der Waals surface area contributed by atoms with Crippen LogP contribution in [0.5, 0.6) is 0 Å². The maximum absolute atomic E-state index is 11.2. The Morgan fingerprint density at radius 3 is 2.89 bits per heavy atom. The minimum absolute atomic E-state index is 0.604. The van der Waals surface area contributed by atoms with E-state index in [9.17, 15) is 4.79 Å². The van der Waals surface area contributed by atoms with Crippen LogP contribution in [0.25, 0.3) is 10.9 Å². The van der Waals surface area contributed by atoms with E-state index in [0.717, 1.165) is 22.1 Å². The number of pyridine rings is 1. The smallest absolute Gasteiger partial charge is 0.152 e. The molecule has 0 saturated heterocycles. The maximum atomic E-state index is 11.2. The van der Waals surface area contributed by atoms with Crippen molar-refractivity contribution in [3.05, 3.63) is 48.3 Å². The third kappa shape index (κ3) is 2.37. The molecule has 0 atom stereocenters. The van der Waals surface area contributed by atoms with E-state index < -0.39 is 0 Å². The van der Waals surface area contributed by atoms with E-state index in [0.29, 0.717) is 10.6 Å². The Kier molecular flexibility index (Phi) is 3.05. The van der Waals surface area contributed by atoms with Crippen LogP contribution in [0.3, 0.4) is 0 Å². The molecular formula is C14H11N3OS. The normalized spacial score (nSPS) is 10.8. The van der Waals surface area contributed by atoms with Crippen molar-refractivity contribution in [3.63, 3.8) is 0 Å². The summed E-state index contributed by atoms with van der Waals surface area (Å²) >= 11 is 1.45. The standard InChI is InChI=1S/C14H11N3OS/c1-17-8-12(7-15-17)19-14-11(9-18)6-10-4-2-3-5-13(10)16-14/h2-9H,1H3. The number of hydrogen-bond acceptors (Lipinski definition) is 4. The van der Waals surface area contributed by atoms with E-state index in [-0.39, 0.29) is 0 Å². The van der Waals surface area contributed by atoms with Gasteiger partial charge in [0.25, 0.3) is 0 Å². The van der Waals surface area contributed by atoms with Gasteiger partial charge >= 0.3 is 0 Å². The highest BCUT2D eigenvalue weighted by Crippen LogP contribution is 2.29. The van der Waals surface area contributed by atoms with Crippen molar-refractivity contribution in [2.75, 3.05) is 0 Å². The lowest BCUT2D eigenvalue weighted by molar-refractivity contribution is 0.112. The first kappa shape index (κ1) is 11.9. The highest BCUT2D eigenvalue weighted by molar-refractivity contribution is 7.99. The molecule has 3 rings (SSSR count). The van der Waals surface area contributed by atoms with Crippen molar-refractivity contribution in [2.45, 2.75) is 9.92 Å². The number of aryl methyl sites for hydroxylation is 1. The number of rotatable bonds is 3.